The van der Waals surface area contributed by atoms with E-state index >= 15 is 0 Å². The molecule has 1 aromatic heterocycles. The van der Waals surface area contributed by atoms with E-state index in [-0.39, 0.29) is 6.04 Å². The third-order valence-electron chi connectivity index (χ3n) is 2.45. The van der Waals surface area contributed by atoms with Crippen molar-refractivity contribution in [3.63, 3.8) is 0 Å². The molecule has 4 nitrogen and oxygen atoms in total. The maximum Gasteiger partial charge on any atom is 0.0702 e. The third kappa shape index (κ3) is 4.62. The average Bonchev–Trinajstić information content (AvgIpc) is 2.64. The largest absolute Gasteiger partial charge is 0.322 e. The molecule has 2 N–H and O–H groups in total. The molecule has 1 atom stereocenters. The van der Waals surface area contributed by atoms with Crippen molar-refractivity contribution in [3.05, 3.63) is 16.4 Å². The van der Waals surface area contributed by atoms with Gasteiger partial charge < -0.3 is 10.6 Å². The summed E-state index contributed by atoms with van der Waals surface area (Å²) in [5.41, 5.74) is 7.31. The van der Waals surface area contributed by atoms with Crippen LogP contribution < -0.4 is 5.73 Å². The number of hydrogen-bond donors (Lipinski definition) is 1. The minimum atomic E-state index is 0.0407. The molecule has 17 heavy (non-hydrogen) atoms. The molecular weight excluding hydrogens is 300 g/mol. The van der Waals surface area contributed by atoms with Crippen molar-refractivity contribution in [2.45, 2.75) is 19.5 Å². The van der Waals surface area contributed by atoms with E-state index in [1.807, 2.05) is 22.6 Å². The summed E-state index contributed by atoms with van der Waals surface area (Å²) in [6.45, 7) is 3.99. The molecule has 0 saturated carbocycles. The molecule has 0 aliphatic heterocycles. The van der Waals surface area contributed by atoms with Gasteiger partial charge in [0.2, 0.25) is 0 Å². The van der Waals surface area contributed by atoms with Crippen LogP contribution in [0.4, 0.5) is 0 Å². The summed E-state index contributed by atoms with van der Waals surface area (Å²) in [6.07, 6.45) is 1.83. The zero-order valence-electron chi connectivity index (χ0n) is 10.7. The van der Waals surface area contributed by atoms with Crippen LogP contribution in [0.2, 0.25) is 0 Å². The lowest BCUT2D eigenvalue weighted by atomic mass is 10.2. The van der Waals surface area contributed by atoms with Gasteiger partial charge in [-0.2, -0.15) is 16.9 Å². The Hall–Kier alpha value is -0.0400. The van der Waals surface area contributed by atoms with Gasteiger partial charge >= 0.3 is 0 Å². The first-order valence-corrected chi connectivity index (χ1v) is 7.70. The van der Waals surface area contributed by atoms with Crippen LogP contribution in [0, 0.1) is 0 Å². The van der Waals surface area contributed by atoms with E-state index < -0.39 is 0 Å². The molecule has 98 valence electrons. The molecule has 1 aromatic rings. The predicted octanol–water partition coefficient (Wildman–Crippen LogP) is 1.96. The molecule has 0 fully saturated rings. The van der Waals surface area contributed by atoms with E-state index in [4.69, 9.17) is 5.73 Å². The fraction of sp³-hybridized carbons (Fsp3) is 0.727. The van der Waals surface area contributed by atoms with Gasteiger partial charge in [-0.25, -0.2) is 0 Å². The minimum Gasteiger partial charge on any atom is -0.322 e. The molecule has 0 bridgehead atoms. The summed E-state index contributed by atoms with van der Waals surface area (Å²) in [5.74, 6) is 2.03. The molecule has 0 amide bonds. The fourth-order valence-electron chi connectivity index (χ4n) is 1.54. The number of rotatable bonds is 7. The van der Waals surface area contributed by atoms with Crippen molar-refractivity contribution in [2.24, 2.45) is 5.73 Å². The lowest BCUT2D eigenvalue weighted by Gasteiger charge is -2.16. The molecule has 0 radical (unpaired) electrons. The number of hydrogen-bond acceptors (Lipinski definition) is 4. The second kappa shape index (κ2) is 7.41. The molecule has 1 rings (SSSR count). The van der Waals surface area contributed by atoms with E-state index in [2.05, 4.69) is 46.9 Å². The minimum absolute atomic E-state index is 0.0407. The van der Waals surface area contributed by atoms with Gasteiger partial charge in [0.15, 0.2) is 0 Å². The van der Waals surface area contributed by atoms with Crippen LogP contribution in [0.3, 0.4) is 0 Å². The van der Waals surface area contributed by atoms with Crippen molar-refractivity contribution in [1.82, 2.24) is 14.7 Å². The van der Waals surface area contributed by atoms with Crippen molar-refractivity contribution >= 4 is 27.7 Å². The maximum absolute atomic E-state index is 6.21. The number of nitrogens with two attached hydrogens (primary N) is 1. The highest BCUT2D eigenvalue weighted by Crippen LogP contribution is 2.24. The van der Waals surface area contributed by atoms with Gasteiger partial charge in [-0.15, -0.1) is 0 Å². The first-order chi connectivity index (χ1) is 8.06. The highest BCUT2D eigenvalue weighted by molar-refractivity contribution is 9.10. The zero-order chi connectivity index (χ0) is 12.8. The second-order valence-electron chi connectivity index (χ2n) is 4.17. The van der Waals surface area contributed by atoms with Crippen LogP contribution in [0.1, 0.15) is 18.7 Å². The molecule has 1 heterocycles. The summed E-state index contributed by atoms with van der Waals surface area (Å²) in [7, 11) is 4.12. The van der Waals surface area contributed by atoms with Crippen LogP contribution in [-0.4, -0.2) is 46.8 Å². The first-order valence-electron chi connectivity index (χ1n) is 5.75. The van der Waals surface area contributed by atoms with Crippen LogP contribution >= 0.6 is 27.7 Å². The summed E-state index contributed by atoms with van der Waals surface area (Å²) < 4.78 is 3.02. The fourth-order valence-corrected chi connectivity index (χ4v) is 2.77. The Labute approximate surface area is 116 Å². The van der Waals surface area contributed by atoms with E-state index in [9.17, 15) is 0 Å². The summed E-state index contributed by atoms with van der Waals surface area (Å²) in [4.78, 5) is 2.14. The maximum atomic E-state index is 6.21. The lowest BCUT2D eigenvalue weighted by molar-refractivity contribution is 0.367. The quantitative estimate of drug-likeness (QED) is 0.834. The number of nitrogens with zero attached hydrogens (tertiary/aromatic N) is 3. The Balaban J connectivity index is 2.71. The summed E-state index contributed by atoms with van der Waals surface area (Å²) >= 11 is 5.39. The van der Waals surface area contributed by atoms with Gasteiger partial charge in [-0.1, -0.05) is 6.92 Å². The zero-order valence-corrected chi connectivity index (χ0v) is 13.1. The van der Waals surface area contributed by atoms with Crippen molar-refractivity contribution in [3.8, 4) is 0 Å². The molecule has 0 saturated heterocycles. The summed E-state index contributed by atoms with van der Waals surface area (Å²) in [6, 6.07) is 0.0407. The molecule has 0 aliphatic carbocycles. The molecule has 6 heteroatoms. The van der Waals surface area contributed by atoms with E-state index in [0.29, 0.717) is 0 Å². The Bertz CT molecular complexity index is 340. The molecule has 0 aliphatic rings. The molecule has 1 unspecified atom stereocenters. The Morgan fingerprint density at radius 1 is 1.59 bits per heavy atom. The van der Waals surface area contributed by atoms with Gasteiger partial charge in [-0.05, 0) is 35.8 Å². The Morgan fingerprint density at radius 3 is 2.88 bits per heavy atom. The van der Waals surface area contributed by atoms with Gasteiger partial charge in [0.1, 0.15) is 0 Å². The second-order valence-corrected chi connectivity index (χ2v) is 6.34. The SMILES string of the molecule is CCSCC(N)c1c(Br)cnn1CCN(C)C. The highest BCUT2D eigenvalue weighted by atomic mass is 79.9. The topological polar surface area (TPSA) is 47.1 Å². The standard InChI is InChI=1S/C11H21BrN4S/c1-4-17-8-10(13)11-9(12)7-14-16(11)6-5-15(2)3/h7,10H,4-6,8,13H2,1-3H3. The van der Waals surface area contributed by atoms with Gasteiger partial charge in [-0.3, -0.25) is 4.68 Å². The van der Waals surface area contributed by atoms with E-state index in [1.165, 1.54) is 0 Å². The van der Waals surface area contributed by atoms with Gasteiger partial charge in [0.25, 0.3) is 0 Å². The van der Waals surface area contributed by atoms with Crippen LogP contribution in [-0.2, 0) is 6.54 Å². The Kier molecular flexibility index (Phi) is 6.54. The number of aromatic nitrogens is 2. The number of halogens is 1. The average molecular weight is 321 g/mol. The Morgan fingerprint density at radius 2 is 2.29 bits per heavy atom. The van der Waals surface area contributed by atoms with E-state index in [0.717, 1.165) is 34.8 Å². The lowest BCUT2D eigenvalue weighted by Crippen LogP contribution is -2.24. The van der Waals surface area contributed by atoms with Crippen molar-refractivity contribution < 1.29 is 0 Å². The van der Waals surface area contributed by atoms with Crippen LogP contribution in [0.15, 0.2) is 10.7 Å². The monoisotopic (exact) mass is 320 g/mol. The smallest absolute Gasteiger partial charge is 0.0702 e. The predicted molar refractivity (Wildman–Crippen MR) is 78.4 cm³/mol. The van der Waals surface area contributed by atoms with E-state index in [1.54, 1.807) is 0 Å². The highest BCUT2D eigenvalue weighted by Gasteiger charge is 2.16. The number of thioether (sulfide) groups is 1. The summed E-state index contributed by atoms with van der Waals surface area (Å²) in [5, 5.41) is 4.37. The van der Waals surface area contributed by atoms with Crippen LogP contribution in [0.25, 0.3) is 0 Å². The van der Waals surface area contributed by atoms with Gasteiger partial charge in [0, 0.05) is 12.3 Å². The van der Waals surface area contributed by atoms with Gasteiger partial charge in [0.05, 0.1) is 29.0 Å². The third-order valence-corrected chi connectivity index (χ3v) is 4.06. The first kappa shape index (κ1) is 15.0. The number of likely N-dealkylation sites (N-methyl/N-ethyl adjacent to an activating group) is 1. The molecule has 0 spiro atoms. The molecule has 0 aromatic carbocycles. The van der Waals surface area contributed by atoms with Crippen LogP contribution in [0.5, 0.6) is 0 Å². The normalized spacial score (nSPS) is 13.3. The molecular formula is C11H21BrN4S. The van der Waals surface area contributed by atoms with Crippen molar-refractivity contribution in [1.29, 1.82) is 0 Å². The van der Waals surface area contributed by atoms with Crippen molar-refractivity contribution in [2.75, 3.05) is 32.1 Å².